The van der Waals surface area contributed by atoms with Crippen LogP contribution in [0.1, 0.15) is 43.3 Å². The van der Waals surface area contributed by atoms with E-state index in [-0.39, 0.29) is 55.2 Å². The van der Waals surface area contributed by atoms with Gasteiger partial charge in [-0.15, -0.1) is 0 Å². The second-order valence-corrected chi connectivity index (χ2v) is 15.2. The maximum absolute atomic E-state index is 13.9. The Morgan fingerprint density at radius 2 is 1.68 bits per heavy atom. The standard InChI is InChI=1S/C42H51FN12O5/c1-42(2,3)60-41(57)55-17-15-54(16-18-55)27-30-6-5-7-32(22-30)47-39-51-38(46-26-36-48-33-13-12-31(43)24-34(33)49-36)52-40(53-39)50-35(23-28-8-10-29(25-44)11-9-28)37(56)45-14-19-59-21-20-58-4/h5-13,22,24,35H,14-21,23,26-27H2,1-4H3,(H,45,56)(H,48,49)(H3,46,47,50,51,52,53)/t35-/m0/s1. The van der Waals surface area contributed by atoms with Crippen molar-refractivity contribution in [3.8, 4) is 6.07 Å². The molecule has 1 fully saturated rings. The van der Waals surface area contributed by atoms with Crippen LogP contribution in [0.2, 0.25) is 0 Å². The molecule has 1 saturated heterocycles. The third-order valence-corrected chi connectivity index (χ3v) is 9.28. The number of carbonyl (C=O) groups excluding carboxylic acids is 2. The van der Waals surface area contributed by atoms with Gasteiger partial charge in [-0.2, -0.15) is 20.2 Å². The first-order valence-corrected chi connectivity index (χ1v) is 19.7. The average molecular weight is 823 g/mol. The molecule has 6 rings (SSSR count). The van der Waals surface area contributed by atoms with Gasteiger partial charge < -0.3 is 45.4 Å². The number of nitrogens with zero attached hydrogens (tertiary/aromatic N) is 7. The van der Waals surface area contributed by atoms with E-state index in [2.05, 4.69) is 57.2 Å². The van der Waals surface area contributed by atoms with E-state index in [1.807, 2.05) is 45.0 Å². The Labute approximate surface area is 348 Å². The molecule has 18 heteroatoms. The number of hydrogen-bond donors (Lipinski definition) is 5. The molecule has 0 bridgehead atoms. The van der Waals surface area contributed by atoms with Crippen molar-refractivity contribution in [2.24, 2.45) is 0 Å². The van der Waals surface area contributed by atoms with Gasteiger partial charge in [0.1, 0.15) is 23.3 Å². The zero-order valence-electron chi connectivity index (χ0n) is 34.3. The molecular weight excluding hydrogens is 772 g/mol. The molecule has 3 heterocycles. The summed E-state index contributed by atoms with van der Waals surface area (Å²) in [4.78, 5) is 51.9. The number of aromatic nitrogens is 5. The Morgan fingerprint density at radius 3 is 2.43 bits per heavy atom. The SMILES string of the molecule is COCCOCCNC(=O)[C@H](Cc1ccc(C#N)cc1)Nc1nc(NCc2nc3cc(F)ccc3[nH]2)nc(Nc2cccc(CN3CCN(C(=O)OC(C)(C)C)CC3)c2)n1. The minimum absolute atomic E-state index is 0.117. The van der Waals surface area contributed by atoms with Crippen LogP contribution in [0, 0.1) is 17.1 Å². The number of methoxy groups -OCH3 is 1. The molecule has 0 spiro atoms. The third kappa shape index (κ3) is 13.0. The van der Waals surface area contributed by atoms with Crippen LogP contribution < -0.4 is 21.3 Å². The minimum atomic E-state index is -0.829. The summed E-state index contributed by atoms with van der Waals surface area (Å²) in [7, 11) is 1.59. The Kier molecular flexibility index (Phi) is 14.8. The number of fused-ring (bicyclic) bond motifs is 1. The van der Waals surface area contributed by atoms with E-state index in [4.69, 9.17) is 14.2 Å². The van der Waals surface area contributed by atoms with E-state index in [9.17, 15) is 19.2 Å². The summed E-state index contributed by atoms with van der Waals surface area (Å²) in [5, 5.41) is 21.9. The minimum Gasteiger partial charge on any atom is -0.444 e. The normalized spacial score (nSPS) is 13.7. The number of nitriles is 1. The van der Waals surface area contributed by atoms with Crippen LogP contribution >= 0.6 is 0 Å². The van der Waals surface area contributed by atoms with Crippen molar-refractivity contribution in [2.45, 2.75) is 51.9 Å². The summed E-state index contributed by atoms with van der Waals surface area (Å²) in [6, 6.07) is 20.5. The highest BCUT2D eigenvalue weighted by atomic mass is 19.1. The number of aromatic amines is 1. The van der Waals surface area contributed by atoms with Gasteiger partial charge in [0.05, 0.1) is 49.0 Å². The summed E-state index contributed by atoms with van der Waals surface area (Å²) in [6.07, 6.45) is -0.0472. The van der Waals surface area contributed by atoms with Gasteiger partial charge in [0.15, 0.2) is 0 Å². The molecule has 17 nitrogen and oxygen atoms in total. The Hall–Kier alpha value is -6.42. The third-order valence-electron chi connectivity index (χ3n) is 9.28. The molecule has 0 radical (unpaired) electrons. The Morgan fingerprint density at radius 1 is 0.917 bits per heavy atom. The molecule has 5 aromatic rings. The fourth-order valence-electron chi connectivity index (χ4n) is 6.33. The number of hydrogen-bond acceptors (Lipinski definition) is 14. The summed E-state index contributed by atoms with van der Waals surface area (Å²) in [5.41, 5.74) is 3.70. The molecule has 0 unspecified atom stereocenters. The second-order valence-electron chi connectivity index (χ2n) is 15.2. The number of rotatable bonds is 18. The predicted octanol–water partition coefficient (Wildman–Crippen LogP) is 4.97. The molecule has 316 valence electrons. The average Bonchev–Trinajstić information content (AvgIpc) is 3.63. The van der Waals surface area contributed by atoms with Gasteiger partial charge in [-0.25, -0.2) is 14.2 Å². The van der Waals surface area contributed by atoms with Gasteiger partial charge in [-0.05, 0) is 68.3 Å². The second kappa shape index (κ2) is 20.5. The van der Waals surface area contributed by atoms with Crippen LogP contribution in [-0.2, 0) is 38.5 Å². The lowest BCUT2D eigenvalue weighted by molar-refractivity contribution is -0.122. The summed E-state index contributed by atoms with van der Waals surface area (Å²) < 4.78 is 30.0. The highest BCUT2D eigenvalue weighted by Crippen LogP contribution is 2.21. The fourth-order valence-corrected chi connectivity index (χ4v) is 6.33. The molecule has 3 aromatic carbocycles. The van der Waals surface area contributed by atoms with E-state index in [1.165, 1.54) is 12.1 Å². The number of piperazine rings is 1. The lowest BCUT2D eigenvalue weighted by atomic mass is 10.0. The topological polar surface area (TPSA) is 208 Å². The van der Waals surface area contributed by atoms with Crippen LogP contribution in [0.5, 0.6) is 0 Å². The number of nitrogens with one attached hydrogen (secondary N) is 5. The largest absolute Gasteiger partial charge is 0.444 e. The van der Waals surface area contributed by atoms with Crippen molar-refractivity contribution >= 4 is 46.6 Å². The summed E-state index contributed by atoms with van der Waals surface area (Å²) in [5.74, 6) is 0.337. The van der Waals surface area contributed by atoms with E-state index in [0.717, 1.165) is 16.8 Å². The zero-order chi connectivity index (χ0) is 42.5. The number of amides is 2. The monoisotopic (exact) mass is 822 g/mol. The maximum Gasteiger partial charge on any atom is 0.410 e. The number of H-pyrrole nitrogens is 1. The highest BCUT2D eigenvalue weighted by molar-refractivity contribution is 5.84. The smallest absolute Gasteiger partial charge is 0.410 e. The van der Waals surface area contributed by atoms with Crippen LogP contribution in [0.25, 0.3) is 11.0 Å². The fraction of sp³-hybridized carbons (Fsp3) is 0.405. The van der Waals surface area contributed by atoms with E-state index in [1.54, 1.807) is 42.3 Å². The maximum atomic E-state index is 13.9. The molecule has 0 saturated carbocycles. The van der Waals surface area contributed by atoms with Gasteiger partial charge in [0.2, 0.25) is 23.8 Å². The van der Waals surface area contributed by atoms with Gasteiger partial charge in [0.25, 0.3) is 0 Å². The Balaban J connectivity index is 1.20. The predicted molar refractivity (Wildman–Crippen MR) is 224 cm³/mol. The first-order chi connectivity index (χ1) is 28.9. The van der Waals surface area contributed by atoms with Gasteiger partial charge >= 0.3 is 6.09 Å². The lowest BCUT2D eigenvalue weighted by Gasteiger charge is -2.35. The van der Waals surface area contributed by atoms with Crippen molar-refractivity contribution in [3.05, 3.63) is 95.1 Å². The van der Waals surface area contributed by atoms with Crippen LogP contribution in [0.3, 0.4) is 0 Å². The van der Waals surface area contributed by atoms with E-state index in [0.29, 0.717) is 75.0 Å². The number of carbonyl (C=O) groups is 2. The first kappa shape index (κ1) is 43.2. The quantitative estimate of drug-likeness (QED) is 0.0741. The number of benzene rings is 3. The van der Waals surface area contributed by atoms with Crippen molar-refractivity contribution in [2.75, 3.05) is 75.6 Å². The first-order valence-electron chi connectivity index (χ1n) is 19.7. The number of imidazole rings is 1. The number of ether oxygens (including phenoxy) is 3. The van der Waals surface area contributed by atoms with E-state index < -0.39 is 11.6 Å². The Bertz CT molecular complexity index is 2250. The molecule has 1 atom stereocenters. The molecule has 1 aliphatic rings. The molecular formula is C42H51FN12O5. The molecule has 1 aliphatic heterocycles. The molecule has 2 amide bonds. The van der Waals surface area contributed by atoms with Gasteiger partial charge in [-0.1, -0.05) is 24.3 Å². The molecule has 60 heavy (non-hydrogen) atoms. The van der Waals surface area contributed by atoms with Crippen LogP contribution in [0.4, 0.5) is 32.7 Å². The van der Waals surface area contributed by atoms with Crippen molar-refractivity contribution in [3.63, 3.8) is 0 Å². The van der Waals surface area contributed by atoms with Crippen molar-refractivity contribution in [1.82, 2.24) is 40.0 Å². The zero-order valence-corrected chi connectivity index (χ0v) is 34.3. The summed E-state index contributed by atoms with van der Waals surface area (Å²) in [6.45, 7) is 10.4. The highest BCUT2D eigenvalue weighted by Gasteiger charge is 2.26. The molecule has 5 N–H and O–H groups in total. The lowest BCUT2D eigenvalue weighted by Crippen LogP contribution is -2.49. The molecule has 2 aromatic heterocycles. The molecule has 0 aliphatic carbocycles. The van der Waals surface area contributed by atoms with Crippen LogP contribution in [0.15, 0.2) is 66.7 Å². The van der Waals surface area contributed by atoms with Gasteiger partial charge in [-0.3, -0.25) is 9.69 Å². The summed E-state index contributed by atoms with van der Waals surface area (Å²) >= 11 is 0. The van der Waals surface area contributed by atoms with E-state index >= 15 is 0 Å². The number of halogens is 1. The van der Waals surface area contributed by atoms with Crippen LogP contribution in [-0.4, -0.2) is 118 Å². The number of anilines is 4. The van der Waals surface area contributed by atoms with Crippen molar-refractivity contribution < 1.29 is 28.2 Å². The van der Waals surface area contributed by atoms with Crippen molar-refractivity contribution in [1.29, 1.82) is 5.26 Å². The van der Waals surface area contributed by atoms with Gasteiger partial charge in [0, 0.05) is 64.6 Å².